The standard InChI is InChI=1S/C11H12O4/c1-7-8(3-2-4-11(14)15)10(13)6-5-9(7)12/h5-6H,2-4H2,1H3,(H,14,15). The Bertz CT molecular complexity index is 374. The monoisotopic (exact) mass is 208 g/mol. The molecule has 0 amide bonds. The average molecular weight is 208 g/mol. The van der Waals surface area contributed by atoms with E-state index < -0.39 is 5.97 Å². The highest BCUT2D eigenvalue weighted by atomic mass is 16.4. The molecule has 80 valence electrons. The summed E-state index contributed by atoms with van der Waals surface area (Å²) in [6.45, 7) is 1.60. The number of aliphatic carboxylic acids is 1. The highest BCUT2D eigenvalue weighted by Crippen LogP contribution is 2.19. The molecule has 0 aliphatic heterocycles. The Balaban J connectivity index is 2.66. The second kappa shape index (κ2) is 4.68. The molecule has 0 heterocycles. The summed E-state index contributed by atoms with van der Waals surface area (Å²) in [7, 11) is 0. The summed E-state index contributed by atoms with van der Waals surface area (Å²) in [5, 5.41) is 8.44. The molecule has 4 heteroatoms. The van der Waals surface area contributed by atoms with Crippen molar-refractivity contribution < 1.29 is 19.5 Å². The zero-order valence-corrected chi connectivity index (χ0v) is 8.45. The van der Waals surface area contributed by atoms with Gasteiger partial charge in [0.2, 0.25) is 0 Å². The zero-order chi connectivity index (χ0) is 11.4. The summed E-state index contributed by atoms with van der Waals surface area (Å²) in [5.41, 5.74) is 0.886. The predicted molar refractivity (Wildman–Crippen MR) is 53.3 cm³/mol. The first-order valence-corrected chi connectivity index (χ1v) is 4.70. The van der Waals surface area contributed by atoms with Crippen molar-refractivity contribution in [3.63, 3.8) is 0 Å². The molecular weight excluding hydrogens is 196 g/mol. The van der Waals surface area contributed by atoms with Gasteiger partial charge in [-0.3, -0.25) is 14.4 Å². The Morgan fingerprint density at radius 1 is 1.27 bits per heavy atom. The average Bonchev–Trinajstić information content (AvgIpc) is 2.17. The van der Waals surface area contributed by atoms with Crippen molar-refractivity contribution in [2.45, 2.75) is 26.2 Å². The van der Waals surface area contributed by atoms with Gasteiger partial charge in [-0.1, -0.05) is 0 Å². The fourth-order valence-electron chi connectivity index (χ4n) is 1.44. The Kier molecular flexibility index (Phi) is 3.55. The van der Waals surface area contributed by atoms with Crippen LogP contribution in [0.3, 0.4) is 0 Å². The predicted octanol–water partition coefficient (Wildman–Crippen LogP) is 1.27. The summed E-state index contributed by atoms with van der Waals surface area (Å²) < 4.78 is 0. The molecule has 1 N–H and O–H groups in total. The molecule has 0 aromatic heterocycles. The fourth-order valence-corrected chi connectivity index (χ4v) is 1.44. The number of carbonyl (C=O) groups is 3. The Morgan fingerprint density at radius 2 is 1.87 bits per heavy atom. The third kappa shape index (κ3) is 2.87. The van der Waals surface area contributed by atoms with Crippen LogP contribution in [0, 0.1) is 0 Å². The van der Waals surface area contributed by atoms with Crippen molar-refractivity contribution in [2.24, 2.45) is 0 Å². The minimum atomic E-state index is -0.890. The lowest BCUT2D eigenvalue weighted by molar-refractivity contribution is -0.137. The van der Waals surface area contributed by atoms with E-state index in [2.05, 4.69) is 0 Å². The SMILES string of the molecule is CC1=C(CCCC(=O)O)C(=O)C=CC1=O. The van der Waals surface area contributed by atoms with Crippen LogP contribution in [0.2, 0.25) is 0 Å². The van der Waals surface area contributed by atoms with Gasteiger partial charge in [-0.15, -0.1) is 0 Å². The quantitative estimate of drug-likeness (QED) is 0.706. The van der Waals surface area contributed by atoms with Crippen LogP contribution in [0.25, 0.3) is 0 Å². The summed E-state index contributed by atoms with van der Waals surface area (Å²) in [6.07, 6.45) is 3.24. The van der Waals surface area contributed by atoms with Gasteiger partial charge in [-0.25, -0.2) is 0 Å². The normalized spacial score (nSPS) is 16.1. The van der Waals surface area contributed by atoms with Crippen molar-refractivity contribution in [2.75, 3.05) is 0 Å². The van der Waals surface area contributed by atoms with E-state index in [1.165, 1.54) is 12.2 Å². The Morgan fingerprint density at radius 3 is 2.47 bits per heavy atom. The van der Waals surface area contributed by atoms with E-state index in [1.807, 2.05) is 0 Å². The molecule has 1 aliphatic carbocycles. The molecule has 0 spiro atoms. The summed E-state index contributed by atoms with van der Waals surface area (Å²) in [5.74, 6) is -1.24. The van der Waals surface area contributed by atoms with Crippen molar-refractivity contribution in [3.8, 4) is 0 Å². The molecule has 0 unspecified atom stereocenters. The molecular formula is C11H12O4. The van der Waals surface area contributed by atoms with Gasteiger partial charge < -0.3 is 5.11 Å². The first kappa shape index (κ1) is 11.4. The number of carboxylic acids is 1. The Labute approximate surface area is 87.3 Å². The fraction of sp³-hybridized carbons (Fsp3) is 0.364. The number of rotatable bonds is 4. The molecule has 15 heavy (non-hydrogen) atoms. The van der Waals surface area contributed by atoms with Crippen molar-refractivity contribution in [3.05, 3.63) is 23.3 Å². The minimum absolute atomic E-state index is 0.0158. The third-order valence-electron chi connectivity index (χ3n) is 2.32. The van der Waals surface area contributed by atoms with Crippen LogP contribution >= 0.6 is 0 Å². The lowest BCUT2D eigenvalue weighted by Gasteiger charge is -2.10. The van der Waals surface area contributed by atoms with Crippen molar-refractivity contribution in [1.29, 1.82) is 0 Å². The van der Waals surface area contributed by atoms with Gasteiger partial charge >= 0.3 is 5.97 Å². The van der Waals surface area contributed by atoms with Gasteiger partial charge in [0.05, 0.1) is 0 Å². The number of carbonyl (C=O) groups excluding carboxylic acids is 2. The van der Waals surface area contributed by atoms with E-state index in [0.29, 0.717) is 24.0 Å². The molecule has 0 aromatic carbocycles. The van der Waals surface area contributed by atoms with Crippen LogP contribution in [0.1, 0.15) is 26.2 Å². The van der Waals surface area contributed by atoms with E-state index in [-0.39, 0.29) is 18.0 Å². The number of allylic oxidation sites excluding steroid dienone is 4. The van der Waals surface area contributed by atoms with Crippen molar-refractivity contribution in [1.82, 2.24) is 0 Å². The number of ketones is 2. The third-order valence-corrected chi connectivity index (χ3v) is 2.32. The van der Waals surface area contributed by atoms with Crippen LogP contribution in [-0.2, 0) is 14.4 Å². The second-order valence-corrected chi connectivity index (χ2v) is 3.41. The highest BCUT2D eigenvalue weighted by molar-refractivity contribution is 6.19. The highest BCUT2D eigenvalue weighted by Gasteiger charge is 2.18. The maximum atomic E-state index is 11.4. The van der Waals surface area contributed by atoms with Gasteiger partial charge in [-0.2, -0.15) is 0 Å². The number of hydrogen-bond acceptors (Lipinski definition) is 3. The summed E-state index contributed by atoms with van der Waals surface area (Å²) in [6, 6.07) is 0. The largest absolute Gasteiger partial charge is 0.481 e. The van der Waals surface area contributed by atoms with Crippen molar-refractivity contribution >= 4 is 17.5 Å². The van der Waals surface area contributed by atoms with E-state index in [4.69, 9.17) is 5.11 Å². The molecule has 0 atom stereocenters. The van der Waals surface area contributed by atoms with Crippen LogP contribution in [-0.4, -0.2) is 22.6 Å². The topological polar surface area (TPSA) is 71.4 Å². The first-order valence-electron chi connectivity index (χ1n) is 4.70. The van der Waals surface area contributed by atoms with E-state index >= 15 is 0 Å². The first-order chi connectivity index (χ1) is 7.02. The molecule has 0 aromatic rings. The van der Waals surface area contributed by atoms with Crippen LogP contribution < -0.4 is 0 Å². The number of carboxylic acid groups (broad SMARTS) is 1. The smallest absolute Gasteiger partial charge is 0.303 e. The molecule has 1 rings (SSSR count). The van der Waals surface area contributed by atoms with Gasteiger partial charge in [-0.05, 0) is 31.9 Å². The molecule has 0 saturated carbocycles. The molecule has 0 saturated heterocycles. The molecule has 4 nitrogen and oxygen atoms in total. The van der Waals surface area contributed by atoms with E-state index in [1.54, 1.807) is 6.92 Å². The summed E-state index contributed by atoms with van der Waals surface area (Å²) >= 11 is 0. The van der Waals surface area contributed by atoms with Gasteiger partial charge in [0, 0.05) is 17.6 Å². The van der Waals surface area contributed by atoms with Gasteiger partial charge in [0.25, 0.3) is 0 Å². The lowest BCUT2D eigenvalue weighted by Crippen LogP contribution is -2.13. The molecule has 0 bridgehead atoms. The van der Waals surface area contributed by atoms with Gasteiger partial charge in [0.15, 0.2) is 11.6 Å². The maximum absolute atomic E-state index is 11.4. The van der Waals surface area contributed by atoms with Crippen LogP contribution in [0.15, 0.2) is 23.3 Å². The van der Waals surface area contributed by atoms with E-state index in [0.717, 1.165) is 0 Å². The van der Waals surface area contributed by atoms with Gasteiger partial charge in [0.1, 0.15) is 0 Å². The van der Waals surface area contributed by atoms with Crippen LogP contribution in [0.4, 0.5) is 0 Å². The van der Waals surface area contributed by atoms with E-state index in [9.17, 15) is 14.4 Å². The molecule has 0 radical (unpaired) electrons. The minimum Gasteiger partial charge on any atom is -0.481 e. The number of hydrogen-bond donors (Lipinski definition) is 1. The Hall–Kier alpha value is -1.71. The zero-order valence-electron chi connectivity index (χ0n) is 8.45. The lowest BCUT2D eigenvalue weighted by atomic mass is 9.92. The molecule has 0 fully saturated rings. The summed E-state index contributed by atoms with van der Waals surface area (Å²) in [4.78, 5) is 32.9. The molecule has 1 aliphatic rings. The maximum Gasteiger partial charge on any atom is 0.303 e. The van der Waals surface area contributed by atoms with Crippen LogP contribution in [0.5, 0.6) is 0 Å². The second-order valence-electron chi connectivity index (χ2n) is 3.41.